The molecule has 7 heteroatoms. The van der Waals surface area contributed by atoms with E-state index >= 15 is 0 Å². The van der Waals surface area contributed by atoms with Gasteiger partial charge in [0.15, 0.2) is 0 Å². The summed E-state index contributed by atoms with van der Waals surface area (Å²) in [6, 6.07) is 6.89. The Bertz CT molecular complexity index is 1020. The first-order valence-corrected chi connectivity index (χ1v) is 9.29. The van der Waals surface area contributed by atoms with Gasteiger partial charge in [0.2, 0.25) is 11.6 Å². The molecule has 0 unspecified atom stereocenters. The van der Waals surface area contributed by atoms with E-state index in [2.05, 4.69) is 10.3 Å². The highest BCUT2D eigenvalue weighted by Crippen LogP contribution is 2.20. The molecular weight excluding hydrogens is 366 g/mol. The molecule has 0 radical (unpaired) electrons. The van der Waals surface area contributed by atoms with E-state index in [4.69, 9.17) is 16.0 Å². The summed E-state index contributed by atoms with van der Waals surface area (Å²) in [5.74, 6) is 0.459. The van der Waals surface area contributed by atoms with Crippen molar-refractivity contribution in [3.63, 3.8) is 0 Å². The Morgan fingerprint density at radius 3 is 2.67 bits per heavy atom. The number of carbonyl (C=O) groups is 1. The summed E-state index contributed by atoms with van der Waals surface area (Å²) in [5, 5.41) is 4.02. The van der Waals surface area contributed by atoms with Crippen LogP contribution in [0.15, 0.2) is 39.8 Å². The number of aryl methyl sites for hydroxylation is 2. The van der Waals surface area contributed by atoms with E-state index < -0.39 is 6.04 Å². The van der Waals surface area contributed by atoms with Gasteiger partial charge in [0.25, 0.3) is 5.56 Å². The number of amides is 1. The average molecular weight is 388 g/mol. The maximum atomic E-state index is 12.9. The highest BCUT2D eigenvalue weighted by atomic mass is 35.5. The van der Waals surface area contributed by atoms with Crippen LogP contribution in [0.1, 0.15) is 36.3 Å². The van der Waals surface area contributed by atoms with Crippen LogP contribution in [0.3, 0.4) is 0 Å². The van der Waals surface area contributed by atoms with Gasteiger partial charge in [-0.05, 0) is 44.4 Å². The topological polar surface area (TPSA) is 77.1 Å². The van der Waals surface area contributed by atoms with Crippen molar-refractivity contribution in [2.75, 3.05) is 6.54 Å². The lowest BCUT2D eigenvalue weighted by Crippen LogP contribution is -2.38. The van der Waals surface area contributed by atoms with Crippen molar-refractivity contribution in [1.82, 2.24) is 14.9 Å². The third-order valence-electron chi connectivity index (χ3n) is 4.77. The molecule has 0 fully saturated rings. The molecule has 142 valence electrons. The highest BCUT2D eigenvalue weighted by molar-refractivity contribution is 6.30. The summed E-state index contributed by atoms with van der Waals surface area (Å²) >= 11 is 5.88. The number of fused-ring (bicyclic) bond motifs is 1. The lowest BCUT2D eigenvalue weighted by molar-refractivity contribution is -0.124. The minimum atomic E-state index is -0.616. The third kappa shape index (κ3) is 3.90. The second-order valence-electron chi connectivity index (χ2n) is 6.51. The van der Waals surface area contributed by atoms with Crippen molar-refractivity contribution >= 4 is 28.6 Å². The van der Waals surface area contributed by atoms with Gasteiger partial charge in [-0.3, -0.25) is 14.2 Å². The van der Waals surface area contributed by atoms with E-state index in [9.17, 15) is 9.59 Å². The van der Waals surface area contributed by atoms with Crippen LogP contribution in [-0.2, 0) is 11.2 Å². The van der Waals surface area contributed by atoms with Gasteiger partial charge in [0, 0.05) is 17.1 Å². The largest absolute Gasteiger partial charge is 0.443 e. The Kier molecular flexibility index (Phi) is 5.65. The molecule has 6 nitrogen and oxygen atoms in total. The number of halogens is 1. The minimum Gasteiger partial charge on any atom is -0.443 e. The molecular formula is C20H22ClN3O3. The van der Waals surface area contributed by atoms with Crippen LogP contribution in [0.2, 0.25) is 5.02 Å². The Morgan fingerprint density at radius 2 is 2.00 bits per heavy atom. The van der Waals surface area contributed by atoms with Crippen LogP contribution in [-0.4, -0.2) is 22.0 Å². The number of nitrogens with one attached hydrogen (secondary N) is 1. The van der Waals surface area contributed by atoms with Crippen LogP contribution < -0.4 is 10.9 Å². The maximum Gasteiger partial charge on any atom is 0.265 e. The lowest BCUT2D eigenvalue weighted by Gasteiger charge is -2.17. The third-order valence-corrected chi connectivity index (χ3v) is 5.02. The molecule has 0 aliphatic rings. The van der Waals surface area contributed by atoms with Crippen molar-refractivity contribution in [1.29, 1.82) is 0 Å². The zero-order valence-electron chi connectivity index (χ0n) is 15.6. The van der Waals surface area contributed by atoms with Crippen LogP contribution in [0.5, 0.6) is 0 Å². The number of hydrogen-bond donors (Lipinski definition) is 1. The predicted molar refractivity (Wildman–Crippen MR) is 105 cm³/mol. The van der Waals surface area contributed by atoms with Gasteiger partial charge in [0.1, 0.15) is 23.5 Å². The van der Waals surface area contributed by atoms with Crippen molar-refractivity contribution in [2.24, 2.45) is 0 Å². The first-order chi connectivity index (χ1) is 12.9. The zero-order valence-corrected chi connectivity index (χ0v) is 16.3. The number of furan rings is 1. The number of carbonyl (C=O) groups excluding carboxylic acids is 1. The van der Waals surface area contributed by atoms with Gasteiger partial charge < -0.3 is 9.73 Å². The first kappa shape index (κ1) is 19.2. The molecule has 1 N–H and O–H groups in total. The highest BCUT2D eigenvalue weighted by Gasteiger charge is 2.22. The summed E-state index contributed by atoms with van der Waals surface area (Å²) in [5.41, 5.74) is 1.89. The van der Waals surface area contributed by atoms with E-state index in [0.717, 1.165) is 11.1 Å². The fourth-order valence-corrected chi connectivity index (χ4v) is 3.20. The van der Waals surface area contributed by atoms with Crippen molar-refractivity contribution in [2.45, 2.75) is 39.7 Å². The Hall–Kier alpha value is -2.60. The van der Waals surface area contributed by atoms with Gasteiger partial charge >= 0.3 is 0 Å². The molecule has 2 heterocycles. The standard InChI is InChI=1S/C20H22ClN3O3/c1-4-16(18(25)22-10-9-14-5-7-15(21)8-6-14)24-11-23-19-17(20(24)26)12(2)13(3)27-19/h5-8,11,16H,4,9-10H2,1-3H3,(H,22,25)/t16-/m0/s1. The molecule has 3 rings (SSSR count). The lowest BCUT2D eigenvalue weighted by atomic mass is 10.1. The molecule has 3 aromatic rings. The molecule has 1 atom stereocenters. The van der Waals surface area contributed by atoms with Gasteiger partial charge in [-0.1, -0.05) is 30.7 Å². The van der Waals surface area contributed by atoms with E-state index in [1.54, 1.807) is 6.92 Å². The molecule has 2 aromatic heterocycles. The molecule has 1 amide bonds. The predicted octanol–water partition coefficient (Wildman–Crippen LogP) is 3.57. The van der Waals surface area contributed by atoms with E-state index in [1.165, 1.54) is 10.9 Å². The van der Waals surface area contributed by atoms with E-state index in [1.807, 2.05) is 38.1 Å². The Balaban J connectivity index is 1.76. The summed E-state index contributed by atoms with van der Waals surface area (Å²) in [7, 11) is 0. The smallest absolute Gasteiger partial charge is 0.265 e. The number of rotatable bonds is 6. The van der Waals surface area contributed by atoms with Crippen molar-refractivity contribution in [3.8, 4) is 0 Å². The van der Waals surface area contributed by atoms with Gasteiger partial charge in [-0.2, -0.15) is 0 Å². The number of nitrogens with zero attached hydrogens (tertiary/aromatic N) is 2. The van der Waals surface area contributed by atoms with Gasteiger partial charge in [0.05, 0.1) is 0 Å². The average Bonchev–Trinajstić information content (AvgIpc) is 2.94. The number of aromatic nitrogens is 2. The monoisotopic (exact) mass is 387 g/mol. The normalized spacial score (nSPS) is 12.3. The van der Waals surface area contributed by atoms with E-state index in [-0.39, 0.29) is 11.5 Å². The quantitative estimate of drug-likeness (QED) is 0.701. The fourth-order valence-electron chi connectivity index (χ4n) is 3.08. The molecule has 0 aliphatic carbocycles. The molecule has 0 saturated heterocycles. The van der Waals surface area contributed by atoms with Crippen LogP contribution in [0.25, 0.3) is 11.1 Å². The fraction of sp³-hybridized carbons (Fsp3) is 0.350. The van der Waals surface area contributed by atoms with E-state index in [0.29, 0.717) is 41.3 Å². The second kappa shape index (κ2) is 7.96. The number of hydrogen-bond acceptors (Lipinski definition) is 4. The summed E-state index contributed by atoms with van der Waals surface area (Å²) in [4.78, 5) is 29.7. The molecule has 0 aliphatic heterocycles. The molecule has 27 heavy (non-hydrogen) atoms. The SMILES string of the molecule is CC[C@@H](C(=O)NCCc1ccc(Cl)cc1)n1cnc2oc(C)c(C)c2c1=O. The van der Waals surface area contributed by atoms with Crippen LogP contribution in [0, 0.1) is 13.8 Å². The van der Waals surface area contributed by atoms with Gasteiger partial charge in [-0.15, -0.1) is 0 Å². The Morgan fingerprint density at radius 1 is 1.30 bits per heavy atom. The van der Waals surface area contributed by atoms with Crippen molar-refractivity contribution < 1.29 is 9.21 Å². The number of benzene rings is 1. The van der Waals surface area contributed by atoms with Crippen LogP contribution >= 0.6 is 11.6 Å². The molecule has 0 spiro atoms. The zero-order chi connectivity index (χ0) is 19.6. The Labute approximate surface area is 162 Å². The summed E-state index contributed by atoms with van der Waals surface area (Å²) < 4.78 is 6.89. The minimum absolute atomic E-state index is 0.201. The molecule has 0 saturated carbocycles. The molecule has 1 aromatic carbocycles. The maximum absolute atomic E-state index is 12.9. The second-order valence-corrected chi connectivity index (χ2v) is 6.95. The van der Waals surface area contributed by atoms with Crippen molar-refractivity contribution in [3.05, 3.63) is 62.9 Å². The first-order valence-electron chi connectivity index (χ1n) is 8.91. The van der Waals surface area contributed by atoms with Crippen LogP contribution in [0.4, 0.5) is 0 Å². The summed E-state index contributed by atoms with van der Waals surface area (Å²) in [6.07, 6.45) is 2.56. The van der Waals surface area contributed by atoms with Gasteiger partial charge in [-0.25, -0.2) is 4.98 Å². The summed E-state index contributed by atoms with van der Waals surface area (Å²) in [6.45, 7) is 5.96. The molecule has 0 bridgehead atoms.